The molecule has 0 aliphatic rings. The van der Waals surface area contributed by atoms with Crippen LogP contribution in [0.25, 0.3) is 0 Å². The minimum Gasteiger partial charge on any atom is -0.299 e. The zero-order chi connectivity index (χ0) is 12.7. The standard InChI is InChI=1S/C15H19NO/c1-12(2)13(3)15(17)9-5-4-7-14-8-6-10-16-11-14/h6,8,10-13H,5,9H2,1-3H3. The van der Waals surface area contributed by atoms with E-state index in [9.17, 15) is 4.79 Å². The van der Waals surface area contributed by atoms with Crippen molar-refractivity contribution in [2.75, 3.05) is 0 Å². The van der Waals surface area contributed by atoms with Crippen LogP contribution in [-0.4, -0.2) is 10.8 Å². The molecule has 1 heterocycles. The molecule has 90 valence electrons. The number of pyridine rings is 1. The fourth-order valence-electron chi connectivity index (χ4n) is 1.39. The molecule has 1 rings (SSSR count). The number of carbonyl (C=O) groups excluding carboxylic acids is 1. The van der Waals surface area contributed by atoms with Gasteiger partial charge in [0.25, 0.3) is 0 Å². The van der Waals surface area contributed by atoms with Crippen molar-refractivity contribution in [1.29, 1.82) is 0 Å². The molecule has 1 unspecified atom stereocenters. The van der Waals surface area contributed by atoms with E-state index < -0.39 is 0 Å². The molecule has 0 aliphatic carbocycles. The second-order valence-corrected chi connectivity index (χ2v) is 4.54. The number of aromatic nitrogens is 1. The summed E-state index contributed by atoms with van der Waals surface area (Å²) in [6.45, 7) is 6.13. The predicted octanol–water partition coefficient (Wildman–Crippen LogP) is 3.07. The monoisotopic (exact) mass is 229 g/mol. The van der Waals surface area contributed by atoms with Crippen LogP contribution < -0.4 is 0 Å². The van der Waals surface area contributed by atoms with E-state index in [0.29, 0.717) is 24.5 Å². The number of hydrogen-bond donors (Lipinski definition) is 0. The molecule has 0 aliphatic heterocycles. The highest BCUT2D eigenvalue weighted by Gasteiger charge is 2.15. The van der Waals surface area contributed by atoms with Crippen LogP contribution in [0.5, 0.6) is 0 Å². The molecule has 0 bridgehead atoms. The summed E-state index contributed by atoms with van der Waals surface area (Å²) in [6, 6.07) is 3.77. The molecule has 0 saturated carbocycles. The third kappa shape index (κ3) is 4.82. The van der Waals surface area contributed by atoms with E-state index >= 15 is 0 Å². The Balaban J connectivity index is 2.39. The zero-order valence-electron chi connectivity index (χ0n) is 10.7. The molecule has 2 nitrogen and oxygen atoms in total. The highest BCUT2D eigenvalue weighted by Crippen LogP contribution is 2.13. The average Bonchev–Trinajstić information content (AvgIpc) is 2.34. The van der Waals surface area contributed by atoms with E-state index in [-0.39, 0.29) is 5.92 Å². The van der Waals surface area contributed by atoms with E-state index in [1.165, 1.54) is 0 Å². The maximum atomic E-state index is 11.7. The number of carbonyl (C=O) groups is 1. The first kappa shape index (κ1) is 13.4. The van der Waals surface area contributed by atoms with Crippen molar-refractivity contribution < 1.29 is 4.79 Å². The lowest BCUT2D eigenvalue weighted by Crippen LogP contribution is -2.16. The predicted molar refractivity (Wildman–Crippen MR) is 69.4 cm³/mol. The topological polar surface area (TPSA) is 30.0 Å². The normalized spacial score (nSPS) is 11.8. The van der Waals surface area contributed by atoms with Crippen molar-refractivity contribution in [2.45, 2.75) is 33.6 Å². The van der Waals surface area contributed by atoms with Gasteiger partial charge in [-0.1, -0.05) is 32.6 Å². The largest absolute Gasteiger partial charge is 0.299 e. The number of nitrogens with zero attached hydrogens (tertiary/aromatic N) is 1. The Hall–Kier alpha value is -1.62. The first-order valence-corrected chi connectivity index (χ1v) is 6.03. The molecule has 0 amide bonds. The summed E-state index contributed by atoms with van der Waals surface area (Å²) in [5.41, 5.74) is 0.900. The molecule has 0 N–H and O–H groups in total. The maximum absolute atomic E-state index is 11.7. The highest BCUT2D eigenvalue weighted by molar-refractivity contribution is 5.81. The summed E-state index contributed by atoms with van der Waals surface area (Å²) in [7, 11) is 0. The maximum Gasteiger partial charge on any atom is 0.136 e. The third-order valence-corrected chi connectivity index (χ3v) is 2.90. The SMILES string of the molecule is CC(C)C(C)C(=O)CCC#Cc1cccnc1. The van der Waals surface area contributed by atoms with Gasteiger partial charge >= 0.3 is 0 Å². The quantitative estimate of drug-likeness (QED) is 0.743. The van der Waals surface area contributed by atoms with Crippen molar-refractivity contribution in [3.05, 3.63) is 30.1 Å². The Morgan fingerprint density at radius 1 is 1.41 bits per heavy atom. The summed E-state index contributed by atoms with van der Waals surface area (Å²) < 4.78 is 0. The second-order valence-electron chi connectivity index (χ2n) is 4.54. The van der Waals surface area contributed by atoms with Crippen molar-refractivity contribution in [3.63, 3.8) is 0 Å². The van der Waals surface area contributed by atoms with Crippen molar-refractivity contribution in [3.8, 4) is 11.8 Å². The van der Waals surface area contributed by atoms with Crippen molar-refractivity contribution in [2.24, 2.45) is 11.8 Å². The molecule has 0 aromatic carbocycles. The van der Waals surface area contributed by atoms with E-state index in [0.717, 1.165) is 5.56 Å². The summed E-state index contributed by atoms with van der Waals surface area (Å²) in [5, 5.41) is 0. The van der Waals surface area contributed by atoms with Crippen LogP contribution in [-0.2, 0) is 4.79 Å². The molecule has 0 radical (unpaired) electrons. The number of hydrogen-bond acceptors (Lipinski definition) is 2. The first-order chi connectivity index (χ1) is 8.11. The van der Waals surface area contributed by atoms with Crippen LogP contribution in [0, 0.1) is 23.7 Å². The van der Waals surface area contributed by atoms with Gasteiger partial charge in [-0.05, 0) is 18.1 Å². The molecule has 0 fully saturated rings. The lowest BCUT2D eigenvalue weighted by atomic mass is 9.91. The second kappa shape index (κ2) is 6.85. The minimum absolute atomic E-state index is 0.134. The van der Waals surface area contributed by atoms with Crippen molar-refractivity contribution in [1.82, 2.24) is 4.98 Å². The van der Waals surface area contributed by atoms with Gasteiger partial charge in [-0.15, -0.1) is 0 Å². The van der Waals surface area contributed by atoms with E-state index in [2.05, 4.69) is 30.7 Å². The van der Waals surface area contributed by atoms with Gasteiger partial charge in [-0.2, -0.15) is 0 Å². The molecular formula is C15H19NO. The van der Waals surface area contributed by atoms with Crippen molar-refractivity contribution >= 4 is 5.78 Å². The van der Waals surface area contributed by atoms with Gasteiger partial charge in [0.15, 0.2) is 0 Å². The highest BCUT2D eigenvalue weighted by atomic mass is 16.1. The van der Waals surface area contributed by atoms with Gasteiger partial charge in [0.1, 0.15) is 5.78 Å². The molecule has 17 heavy (non-hydrogen) atoms. The third-order valence-electron chi connectivity index (χ3n) is 2.90. The van der Waals surface area contributed by atoms with Crippen LogP contribution in [0.1, 0.15) is 39.2 Å². The Morgan fingerprint density at radius 2 is 2.18 bits per heavy atom. The van der Waals surface area contributed by atoms with E-state index in [1.54, 1.807) is 12.4 Å². The molecule has 1 atom stereocenters. The smallest absolute Gasteiger partial charge is 0.136 e. The Kier molecular flexibility index (Phi) is 5.42. The van der Waals surface area contributed by atoms with Crippen LogP contribution in [0.15, 0.2) is 24.5 Å². The Bertz CT molecular complexity index is 412. The lowest BCUT2D eigenvalue weighted by molar-refractivity contribution is -0.123. The molecule has 1 aromatic heterocycles. The lowest BCUT2D eigenvalue weighted by Gasteiger charge is -2.12. The number of Topliss-reactive ketones (excluding diaryl/α,β-unsaturated/α-hetero) is 1. The van der Waals surface area contributed by atoms with Crippen LogP contribution in [0.4, 0.5) is 0 Å². The molecule has 2 heteroatoms. The van der Waals surface area contributed by atoms with E-state index in [4.69, 9.17) is 0 Å². The van der Waals surface area contributed by atoms with E-state index in [1.807, 2.05) is 19.1 Å². The Morgan fingerprint density at radius 3 is 2.76 bits per heavy atom. The summed E-state index contributed by atoms with van der Waals surface area (Å²) >= 11 is 0. The molecule has 1 aromatic rings. The zero-order valence-corrected chi connectivity index (χ0v) is 10.7. The first-order valence-electron chi connectivity index (χ1n) is 6.03. The van der Waals surface area contributed by atoms with Gasteiger partial charge in [-0.25, -0.2) is 0 Å². The van der Waals surface area contributed by atoms with Crippen LogP contribution >= 0.6 is 0 Å². The Labute approximate surface area is 103 Å². The average molecular weight is 229 g/mol. The van der Waals surface area contributed by atoms with Gasteiger partial charge in [0, 0.05) is 36.7 Å². The minimum atomic E-state index is 0.134. The molecule has 0 saturated heterocycles. The summed E-state index contributed by atoms with van der Waals surface area (Å²) in [4.78, 5) is 15.7. The van der Waals surface area contributed by atoms with Gasteiger partial charge in [0.2, 0.25) is 0 Å². The fourth-order valence-corrected chi connectivity index (χ4v) is 1.39. The van der Waals surface area contributed by atoms with Gasteiger partial charge in [-0.3, -0.25) is 9.78 Å². The molecular weight excluding hydrogens is 210 g/mol. The van der Waals surface area contributed by atoms with Crippen LogP contribution in [0.3, 0.4) is 0 Å². The van der Waals surface area contributed by atoms with Gasteiger partial charge < -0.3 is 0 Å². The number of rotatable bonds is 4. The number of ketones is 1. The van der Waals surface area contributed by atoms with Crippen LogP contribution in [0.2, 0.25) is 0 Å². The summed E-state index contributed by atoms with van der Waals surface area (Å²) in [5.74, 6) is 6.87. The fraction of sp³-hybridized carbons (Fsp3) is 0.467. The van der Waals surface area contributed by atoms with Gasteiger partial charge in [0.05, 0.1) is 0 Å². The summed E-state index contributed by atoms with van der Waals surface area (Å²) in [6.07, 6.45) is 4.63. The molecule has 0 spiro atoms.